The number of hydrogen-bond donors (Lipinski definition) is 2. The number of aliphatic hydroxyl groups is 1. The lowest BCUT2D eigenvalue weighted by atomic mass is 9.79. The lowest BCUT2D eigenvalue weighted by molar-refractivity contribution is 0.00250. The number of benzene rings is 3. The SMILES string of the molecule is Cc1ccc(S(=O)(=O)N[C@@H](CC(C)C)C(O)(Cc2ccccc2)Cc2ccccc2)cc1. The minimum absolute atomic E-state index is 0.193. The van der Waals surface area contributed by atoms with Crippen molar-refractivity contribution in [3.63, 3.8) is 0 Å². The standard InChI is InChI=1S/C27H33NO3S/c1-21(2)18-26(28-32(30,31)25-16-14-22(3)15-17-25)27(29,19-23-10-6-4-7-11-23)20-24-12-8-5-9-13-24/h4-17,21,26,28-29H,18-20H2,1-3H3/t26-/m0/s1. The molecule has 0 aromatic heterocycles. The first-order valence-corrected chi connectivity index (χ1v) is 12.6. The van der Waals surface area contributed by atoms with Crippen molar-refractivity contribution in [3.05, 3.63) is 102 Å². The van der Waals surface area contributed by atoms with E-state index in [4.69, 9.17) is 0 Å². The Morgan fingerprint density at radius 1 is 0.812 bits per heavy atom. The van der Waals surface area contributed by atoms with E-state index in [9.17, 15) is 13.5 Å². The molecule has 0 aliphatic carbocycles. The Labute approximate surface area is 192 Å². The molecule has 0 fully saturated rings. The zero-order chi connectivity index (χ0) is 23.2. The molecule has 32 heavy (non-hydrogen) atoms. The first kappa shape index (κ1) is 24.2. The first-order chi connectivity index (χ1) is 15.2. The molecule has 170 valence electrons. The monoisotopic (exact) mass is 451 g/mol. The predicted octanol–water partition coefficient (Wildman–Crippen LogP) is 4.90. The summed E-state index contributed by atoms with van der Waals surface area (Å²) in [5.74, 6) is 0.193. The molecule has 0 unspecified atom stereocenters. The molecule has 0 amide bonds. The largest absolute Gasteiger partial charge is 0.388 e. The molecule has 5 heteroatoms. The predicted molar refractivity (Wildman–Crippen MR) is 130 cm³/mol. The van der Waals surface area contributed by atoms with Crippen molar-refractivity contribution in [2.45, 2.75) is 56.6 Å². The number of rotatable bonds is 10. The maximum Gasteiger partial charge on any atom is 0.240 e. The Kier molecular flexibility index (Phi) is 7.88. The normalized spacial score (nSPS) is 13.3. The fourth-order valence-electron chi connectivity index (χ4n) is 4.03. The van der Waals surface area contributed by atoms with E-state index in [1.807, 2.05) is 81.4 Å². The van der Waals surface area contributed by atoms with Gasteiger partial charge in [-0.15, -0.1) is 0 Å². The second-order valence-corrected chi connectivity index (χ2v) is 10.8. The zero-order valence-electron chi connectivity index (χ0n) is 19.0. The van der Waals surface area contributed by atoms with E-state index in [1.165, 1.54) is 0 Å². The third-order valence-electron chi connectivity index (χ3n) is 5.69. The molecule has 0 saturated carbocycles. The summed E-state index contributed by atoms with van der Waals surface area (Å²) in [6.07, 6.45) is 1.20. The van der Waals surface area contributed by atoms with Crippen molar-refractivity contribution >= 4 is 10.0 Å². The molecule has 3 rings (SSSR count). The van der Waals surface area contributed by atoms with Gasteiger partial charge in [-0.1, -0.05) is 92.2 Å². The van der Waals surface area contributed by atoms with Crippen LogP contribution in [0.3, 0.4) is 0 Å². The molecule has 0 spiro atoms. The highest BCUT2D eigenvalue weighted by molar-refractivity contribution is 7.89. The van der Waals surface area contributed by atoms with Gasteiger partial charge in [-0.05, 0) is 42.5 Å². The Morgan fingerprint density at radius 2 is 1.28 bits per heavy atom. The molecule has 2 N–H and O–H groups in total. The number of hydrogen-bond acceptors (Lipinski definition) is 3. The van der Waals surface area contributed by atoms with Gasteiger partial charge in [-0.3, -0.25) is 0 Å². The lowest BCUT2D eigenvalue weighted by Gasteiger charge is -2.38. The van der Waals surface area contributed by atoms with Crippen LogP contribution in [0, 0.1) is 12.8 Å². The van der Waals surface area contributed by atoms with Crippen molar-refractivity contribution in [1.82, 2.24) is 4.72 Å². The van der Waals surface area contributed by atoms with Crippen molar-refractivity contribution in [1.29, 1.82) is 0 Å². The third kappa shape index (κ3) is 6.52. The minimum atomic E-state index is -3.80. The van der Waals surface area contributed by atoms with E-state index in [-0.39, 0.29) is 10.8 Å². The first-order valence-electron chi connectivity index (χ1n) is 11.1. The zero-order valence-corrected chi connectivity index (χ0v) is 19.8. The van der Waals surface area contributed by atoms with Crippen LogP contribution in [0.2, 0.25) is 0 Å². The van der Waals surface area contributed by atoms with Crippen LogP contribution >= 0.6 is 0 Å². The molecule has 1 atom stereocenters. The van der Waals surface area contributed by atoms with E-state index in [0.717, 1.165) is 16.7 Å². The quantitative estimate of drug-likeness (QED) is 0.461. The maximum absolute atomic E-state index is 13.3. The van der Waals surface area contributed by atoms with Crippen molar-refractivity contribution in [2.24, 2.45) is 5.92 Å². The van der Waals surface area contributed by atoms with Gasteiger partial charge >= 0.3 is 0 Å². The summed E-state index contributed by atoms with van der Waals surface area (Å²) < 4.78 is 29.4. The molecule has 0 bridgehead atoms. The van der Waals surface area contributed by atoms with Crippen LogP contribution in [-0.4, -0.2) is 25.2 Å². The summed E-state index contributed by atoms with van der Waals surface area (Å²) in [6.45, 7) is 6.00. The Morgan fingerprint density at radius 3 is 1.72 bits per heavy atom. The van der Waals surface area contributed by atoms with Crippen molar-refractivity contribution in [2.75, 3.05) is 0 Å². The molecule has 0 saturated heterocycles. The van der Waals surface area contributed by atoms with E-state index in [0.29, 0.717) is 19.3 Å². The summed E-state index contributed by atoms with van der Waals surface area (Å²) in [6, 6.07) is 25.6. The Balaban J connectivity index is 2.00. The molecule has 0 radical (unpaired) electrons. The van der Waals surface area contributed by atoms with Crippen LogP contribution in [0.15, 0.2) is 89.8 Å². The van der Waals surface area contributed by atoms with Crippen LogP contribution < -0.4 is 4.72 Å². The summed E-state index contributed by atoms with van der Waals surface area (Å²) in [5, 5.41) is 12.1. The summed E-state index contributed by atoms with van der Waals surface area (Å²) in [4.78, 5) is 0.207. The van der Waals surface area contributed by atoms with Gasteiger partial charge < -0.3 is 5.11 Å². The van der Waals surface area contributed by atoms with E-state index >= 15 is 0 Å². The van der Waals surface area contributed by atoms with E-state index in [1.54, 1.807) is 24.3 Å². The van der Waals surface area contributed by atoms with Gasteiger partial charge in [0.25, 0.3) is 0 Å². The van der Waals surface area contributed by atoms with Gasteiger partial charge in [0.05, 0.1) is 16.5 Å². The minimum Gasteiger partial charge on any atom is -0.388 e. The van der Waals surface area contributed by atoms with E-state index in [2.05, 4.69) is 4.72 Å². The van der Waals surface area contributed by atoms with Crippen LogP contribution in [-0.2, 0) is 22.9 Å². The molecular formula is C27H33NO3S. The molecule has 3 aromatic carbocycles. The fourth-order valence-corrected chi connectivity index (χ4v) is 5.35. The molecule has 0 aliphatic heterocycles. The molecular weight excluding hydrogens is 418 g/mol. The highest BCUT2D eigenvalue weighted by atomic mass is 32.2. The number of nitrogens with one attached hydrogen (secondary N) is 1. The molecule has 3 aromatic rings. The average Bonchev–Trinajstić information content (AvgIpc) is 2.74. The fraction of sp³-hybridized carbons (Fsp3) is 0.333. The molecule has 0 heterocycles. The van der Waals surface area contributed by atoms with Crippen molar-refractivity contribution in [3.8, 4) is 0 Å². The smallest absolute Gasteiger partial charge is 0.240 e. The summed E-state index contributed by atoms with van der Waals surface area (Å²) in [7, 11) is -3.80. The van der Waals surface area contributed by atoms with Gasteiger partial charge in [-0.25, -0.2) is 13.1 Å². The van der Waals surface area contributed by atoms with Crippen molar-refractivity contribution < 1.29 is 13.5 Å². The van der Waals surface area contributed by atoms with Gasteiger partial charge in [0, 0.05) is 12.8 Å². The van der Waals surface area contributed by atoms with Crippen LogP contribution in [0.25, 0.3) is 0 Å². The second-order valence-electron chi connectivity index (χ2n) is 9.04. The second kappa shape index (κ2) is 10.4. The maximum atomic E-state index is 13.3. The Bertz CT molecular complexity index is 1040. The topological polar surface area (TPSA) is 66.4 Å². The van der Waals surface area contributed by atoms with Gasteiger partial charge in [0.2, 0.25) is 10.0 Å². The van der Waals surface area contributed by atoms with Gasteiger partial charge in [0.1, 0.15) is 0 Å². The average molecular weight is 452 g/mol. The van der Waals surface area contributed by atoms with E-state index < -0.39 is 21.7 Å². The summed E-state index contributed by atoms with van der Waals surface area (Å²) >= 11 is 0. The molecule has 4 nitrogen and oxygen atoms in total. The Hall–Kier alpha value is -2.47. The number of sulfonamides is 1. The molecule has 0 aliphatic rings. The highest BCUT2D eigenvalue weighted by Crippen LogP contribution is 2.28. The van der Waals surface area contributed by atoms with Gasteiger partial charge in [0.15, 0.2) is 0 Å². The lowest BCUT2D eigenvalue weighted by Crippen LogP contribution is -2.55. The van der Waals surface area contributed by atoms with Crippen LogP contribution in [0.4, 0.5) is 0 Å². The summed E-state index contributed by atoms with van der Waals surface area (Å²) in [5.41, 5.74) is 1.63. The van der Waals surface area contributed by atoms with Crippen LogP contribution in [0.5, 0.6) is 0 Å². The van der Waals surface area contributed by atoms with Gasteiger partial charge in [-0.2, -0.15) is 0 Å². The number of aryl methyl sites for hydroxylation is 1. The van der Waals surface area contributed by atoms with Crippen LogP contribution in [0.1, 0.15) is 37.0 Å². The highest BCUT2D eigenvalue weighted by Gasteiger charge is 2.40. The third-order valence-corrected chi connectivity index (χ3v) is 7.18.